The van der Waals surface area contributed by atoms with Gasteiger partial charge in [-0.15, -0.1) is 0 Å². The first-order chi connectivity index (χ1) is 22.0. The van der Waals surface area contributed by atoms with Crippen molar-refractivity contribution in [2.45, 2.75) is 76.4 Å². The summed E-state index contributed by atoms with van der Waals surface area (Å²) in [5, 5.41) is 48.7. The molecule has 2 saturated carbocycles. The number of aliphatic hydroxyl groups is 3. The molecule has 0 aliphatic heterocycles. The van der Waals surface area contributed by atoms with E-state index in [-0.39, 0.29) is 55.0 Å². The maximum atomic E-state index is 14.0. The van der Waals surface area contributed by atoms with Gasteiger partial charge in [0.2, 0.25) is 5.78 Å². The highest BCUT2D eigenvalue weighted by molar-refractivity contribution is 6.22. The zero-order chi connectivity index (χ0) is 32.7. The number of carbonyl (C=O) groups excluding carboxylic acids is 4. The molecule has 2 aromatic rings. The van der Waals surface area contributed by atoms with E-state index < -0.39 is 52.0 Å². The van der Waals surface area contributed by atoms with Crippen molar-refractivity contribution in [3.63, 3.8) is 0 Å². The predicted octanol–water partition coefficient (Wildman–Crippen LogP) is 3.30. The Bertz CT molecular complexity index is 1670. The van der Waals surface area contributed by atoms with Crippen LogP contribution in [0.4, 0.5) is 0 Å². The first kappa shape index (κ1) is 31.6. The van der Waals surface area contributed by atoms with Crippen LogP contribution in [0, 0.1) is 17.8 Å². The second kappa shape index (κ2) is 12.4. The summed E-state index contributed by atoms with van der Waals surface area (Å²) in [4.78, 5) is 55.2. The summed E-state index contributed by atoms with van der Waals surface area (Å²) in [5.74, 6) is -6.08. The third-order valence-corrected chi connectivity index (χ3v) is 10.4. The number of primary amides is 1. The monoisotopic (exact) mass is 629 g/mol. The van der Waals surface area contributed by atoms with Crippen molar-refractivity contribution in [2.24, 2.45) is 23.5 Å². The molecule has 46 heavy (non-hydrogen) atoms. The van der Waals surface area contributed by atoms with Crippen LogP contribution in [0.1, 0.15) is 84.0 Å². The van der Waals surface area contributed by atoms with Crippen LogP contribution in [0.3, 0.4) is 0 Å². The van der Waals surface area contributed by atoms with E-state index in [4.69, 9.17) is 5.73 Å². The van der Waals surface area contributed by atoms with Gasteiger partial charge in [-0.3, -0.25) is 24.2 Å². The third-order valence-electron chi connectivity index (χ3n) is 10.4. The number of amides is 1. The standard InChI is InChI=1S/C35H39N3O8/c36-34(45)29-25(39)14-23-12-21-13-24-19(9-8-18-5-2-1-3-6-18)11-22(16-38-17-26(40)20-7-4-10-37-15-20)30(41)28(24)31(42)27(21)32(43)35(23,46)33(29)44/h4,7,10-11,15,18,21,23,38,41-42,44,46H,1-3,5-6,8-9,12-14,16-17H2,(H2,36,45)/t21-,23+,35+/m1/s1. The quantitative estimate of drug-likeness (QED) is 0.177. The molecular formula is C35H39N3O8. The minimum Gasteiger partial charge on any atom is -0.508 e. The lowest BCUT2D eigenvalue weighted by atomic mass is 9.59. The van der Waals surface area contributed by atoms with Crippen LogP contribution < -0.4 is 11.1 Å². The van der Waals surface area contributed by atoms with Gasteiger partial charge in [-0.25, -0.2) is 0 Å². The Labute approximate surface area is 266 Å². The number of fused-ring (bicyclic) bond motifs is 3. The van der Waals surface area contributed by atoms with Crippen molar-refractivity contribution >= 4 is 29.0 Å². The number of nitrogens with one attached hydrogen (secondary N) is 1. The summed E-state index contributed by atoms with van der Waals surface area (Å²) >= 11 is 0. The SMILES string of the molecule is NC(=O)C1=C(O)[C@@]2(O)C(=O)C3=C(O)c4c(O)c(CNCC(=O)c5cccnc5)cc(CCC5CCCCC5)c4C[C@H]3C[C@H]2CC1=O. The normalized spacial score (nSPS) is 24.8. The molecule has 1 heterocycles. The number of rotatable bonds is 9. The molecule has 242 valence electrons. The number of aromatic nitrogens is 1. The zero-order valence-electron chi connectivity index (χ0n) is 25.6. The first-order valence-corrected chi connectivity index (χ1v) is 16.0. The smallest absolute Gasteiger partial charge is 0.255 e. The Morgan fingerprint density at radius 3 is 2.52 bits per heavy atom. The lowest BCUT2D eigenvalue weighted by Crippen LogP contribution is -2.58. The van der Waals surface area contributed by atoms with E-state index in [2.05, 4.69) is 10.3 Å². The minimum absolute atomic E-state index is 0.0196. The molecule has 0 unspecified atom stereocenters. The van der Waals surface area contributed by atoms with Gasteiger partial charge in [-0.1, -0.05) is 38.2 Å². The summed E-state index contributed by atoms with van der Waals surface area (Å²) in [6.07, 6.45) is 10.6. The summed E-state index contributed by atoms with van der Waals surface area (Å²) < 4.78 is 0. The number of benzene rings is 1. The molecule has 1 aromatic heterocycles. The highest BCUT2D eigenvalue weighted by Crippen LogP contribution is 2.53. The molecule has 1 amide bonds. The Balaban J connectivity index is 1.37. The number of pyridine rings is 1. The average molecular weight is 630 g/mol. The van der Waals surface area contributed by atoms with Crippen molar-refractivity contribution in [3.05, 3.63) is 75.3 Å². The summed E-state index contributed by atoms with van der Waals surface area (Å²) in [5.41, 5.74) is 4.30. The van der Waals surface area contributed by atoms with Crippen LogP contribution >= 0.6 is 0 Å². The van der Waals surface area contributed by atoms with Crippen molar-refractivity contribution in [3.8, 4) is 5.75 Å². The number of nitrogens with zero attached hydrogens (tertiary/aromatic N) is 1. The molecule has 0 spiro atoms. The van der Waals surface area contributed by atoms with Crippen LogP contribution in [-0.2, 0) is 33.8 Å². The van der Waals surface area contributed by atoms with E-state index in [0.717, 1.165) is 24.8 Å². The lowest BCUT2D eigenvalue weighted by molar-refractivity contribution is -0.147. The van der Waals surface area contributed by atoms with Crippen LogP contribution in [0.15, 0.2) is 47.5 Å². The molecule has 6 rings (SSSR count). The third kappa shape index (κ3) is 5.41. The lowest BCUT2D eigenvalue weighted by Gasteiger charge is -2.46. The second-order valence-electron chi connectivity index (χ2n) is 13.1. The summed E-state index contributed by atoms with van der Waals surface area (Å²) in [6, 6.07) is 5.24. The Hall–Kier alpha value is -4.35. The van der Waals surface area contributed by atoms with E-state index >= 15 is 0 Å². The molecule has 7 N–H and O–H groups in total. The molecule has 2 fully saturated rings. The fraction of sp³-hybridized carbons (Fsp3) is 0.457. The van der Waals surface area contributed by atoms with Gasteiger partial charge in [0.1, 0.15) is 22.8 Å². The van der Waals surface area contributed by atoms with E-state index in [9.17, 15) is 39.6 Å². The average Bonchev–Trinajstić information content (AvgIpc) is 3.04. The van der Waals surface area contributed by atoms with Gasteiger partial charge in [-0.05, 0) is 60.8 Å². The summed E-state index contributed by atoms with van der Waals surface area (Å²) in [6.45, 7) is 0.0787. The molecule has 4 aliphatic carbocycles. The van der Waals surface area contributed by atoms with Gasteiger partial charge in [0.25, 0.3) is 5.91 Å². The number of ketones is 3. The van der Waals surface area contributed by atoms with Gasteiger partial charge in [0, 0.05) is 48.0 Å². The number of phenolic OH excluding ortho intramolecular Hbond substituents is 1. The molecule has 11 nitrogen and oxygen atoms in total. The van der Waals surface area contributed by atoms with E-state index in [1.807, 2.05) is 6.07 Å². The molecule has 11 heteroatoms. The Morgan fingerprint density at radius 1 is 1.07 bits per heavy atom. The van der Waals surface area contributed by atoms with Gasteiger partial charge in [-0.2, -0.15) is 0 Å². The number of aryl methyl sites for hydroxylation is 1. The predicted molar refractivity (Wildman–Crippen MR) is 167 cm³/mol. The van der Waals surface area contributed by atoms with Gasteiger partial charge in [0.05, 0.1) is 12.1 Å². The van der Waals surface area contributed by atoms with Crippen molar-refractivity contribution in [1.29, 1.82) is 0 Å². The molecule has 0 bridgehead atoms. The first-order valence-electron chi connectivity index (χ1n) is 16.0. The molecule has 1 aromatic carbocycles. The highest BCUT2D eigenvalue weighted by atomic mass is 16.3. The van der Waals surface area contributed by atoms with E-state index in [1.165, 1.54) is 25.5 Å². The fourth-order valence-electron chi connectivity index (χ4n) is 7.96. The van der Waals surface area contributed by atoms with Crippen LogP contribution in [-0.4, -0.2) is 60.8 Å². The molecule has 4 aliphatic rings. The fourth-order valence-corrected chi connectivity index (χ4v) is 7.96. The maximum Gasteiger partial charge on any atom is 0.255 e. The largest absolute Gasteiger partial charge is 0.508 e. The molecule has 3 atom stereocenters. The van der Waals surface area contributed by atoms with Crippen LogP contribution in [0.5, 0.6) is 5.75 Å². The molecule has 0 radical (unpaired) electrons. The van der Waals surface area contributed by atoms with E-state index in [1.54, 1.807) is 18.3 Å². The van der Waals surface area contributed by atoms with Crippen molar-refractivity contribution in [1.82, 2.24) is 10.3 Å². The van der Waals surface area contributed by atoms with Gasteiger partial charge in [0.15, 0.2) is 17.2 Å². The second-order valence-corrected chi connectivity index (χ2v) is 13.1. The number of nitrogens with two attached hydrogens (primary N) is 1. The number of Topliss-reactive ketones (excluding diaryl/α,β-unsaturated/α-hetero) is 3. The van der Waals surface area contributed by atoms with Crippen LogP contribution in [0.25, 0.3) is 5.76 Å². The van der Waals surface area contributed by atoms with Gasteiger partial charge >= 0.3 is 0 Å². The van der Waals surface area contributed by atoms with Crippen LogP contribution in [0.2, 0.25) is 0 Å². The molecule has 0 saturated heterocycles. The maximum absolute atomic E-state index is 14.0. The highest BCUT2D eigenvalue weighted by Gasteiger charge is 2.60. The summed E-state index contributed by atoms with van der Waals surface area (Å²) in [7, 11) is 0. The Morgan fingerprint density at radius 2 is 1.83 bits per heavy atom. The number of hydrogen-bond donors (Lipinski definition) is 6. The number of phenols is 1. The minimum atomic E-state index is -2.61. The van der Waals surface area contributed by atoms with Crippen molar-refractivity contribution in [2.75, 3.05) is 6.54 Å². The number of hydrogen-bond acceptors (Lipinski definition) is 10. The number of aliphatic hydroxyl groups excluding tert-OH is 2. The topological polar surface area (TPSA) is 200 Å². The Kier molecular flexibility index (Phi) is 8.56. The number of aromatic hydroxyl groups is 1. The van der Waals surface area contributed by atoms with Crippen molar-refractivity contribution < 1.29 is 39.6 Å². The molecular weight excluding hydrogens is 590 g/mol. The zero-order valence-corrected chi connectivity index (χ0v) is 25.6. The van der Waals surface area contributed by atoms with E-state index in [0.29, 0.717) is 29.0 Å². The number of carbonyl (C=O) groups is 4. The van der Waals surface area contributed by atoms with Gasteiger partial charge < -0.3 is 31.5 Å².